The standard InChI is InChI=1S/C15H23N3O2/c1-12-6-7-13(15(20)17-12)14(19)16-8-11-18-9-4-2-3-5-10-18/h6-7H,2-5,8-11H2,1H3,(H,16,19)(H,17,20). The lowest BCUT2D eigenvalue weighted by Crippen LogP contribution is -2.37. The van der Waals surface area contributed by atoms with Gasteiger partial charge in [-0.2, -0.15) is 0 Å². The average molecular weight is 277 g/mol. The molecule has 5 nitrogen and oxygen atoms in total. The Morgan fingerprint density at radius 1 is 1.25 bits per heavy atom. The Hall–Kier alpha value is -1.62. The summed E-state index contributed by atoms with van der Waals surface area (Å²) >= 11 is 0. The molecule has 0 bridgehead atoms. The number of aryl methyl sites for hydroxylation is 1. The molecule has 0 saturated carbocycles. The summed E-state index contributed by atoms with van der Waals surface area (Å²) in [4.78, 5) is 28.6. The molecule has 0 unspecified atom stereocenters. The minimum atomic E-state index is -0.322. The second kappa shape index (κ2) is 7.24. The van der Waals surface area contributed by atoms with Crippen molar-refractivity contribution in [2.75, 3.05) is 26.2 Å². The number of likely N-dealkylation sites (tertiary alicyclic amines) is 1. The van der Waals surface area contributed by atoms with Crippen molar-refractivity contribution in [3.8, 4) is 0 Å². The quantitative estimate of drug-likeness (QED) is 0.871. The summed E-state index contributed by atoms with van der Waals surface area (Å²) in [6, 6.07) is 3.32. The van der Waals surface area contributed by atoms with Gasteiger partial charge in [0.1, 0.15) is 5.56 Å². The summed E-state index contributed by atoms with van der Waals surface area (Å²) in [5.41, 5.74) is 0.625. The zero-order valence-electron chi connectivity index (χ0n) is 12.1. The highest BCUT2D eigenvalue weighted by Crippen LogP contribution is 2.08. The smallest absolute Gasteiger partial charge is 0.260 e. The number of rotatable bonds is 4. The van der Waals surface area contributed by atoms with E-state index in [2.05, 4.69) is 15.2 Å². The molecule has 1 saturated heterocycles. The van der Waals surface area contributed by atoms with Gasteiger partial charge >= 0.3 is 0 Å². The van der Waals surface area contributed by atoms with Gasteiger partial charge in [-0.15, -0.1) is 0 Å². The van der Waals surface area contributed by atoms with Crippen molar-refractivity contribution in [3.63, 3.8) is 0 Å². The van der Waals surface area contributed by atoms with Crippen LogP contribution in [0.1, 0.15) is 41.7 Å². The van der Waals surface area contributed by atoms with Gasteiger partial charge in [0.15, 0.2) is 0 Å². The molecule has 110 valence electrons. The molecule has 20 heavy (non-hydrogen) atoms. The van der Waals surface area contributed by atoms with Crippen molar-refractivity contribution >= 4 is 5.91 Å². The predicted molar refractivity (Wildman–Crippen MR) is 79.0 cm³/mol. The molecule has 2 N–H and O–H groups in total. The van der Waals surface area contributed by atoms with Gasteiger partial charge in [0.25, 0.3) is 11.5 Å². The minimum absolute atomic E-state index is 0.187. The molecule has 1 fully saturated rings. The van der Waals surface area contributed by atoms with Crippen LogP contribution in [0.4, 0.5) is 0 Å². The highest BCUT2D eigenvalue weighted by molar-refractivity contribution is 5.93. The third-order valence-electron chi connectivity index (χ3n) is 3.71. The van der Waals surface area contributed by atoms with E-state index in [1.165, 1.54) is 25.7 Å². The SMILES string of the molecule is Cc1ccc(C(=O)NCCN2CCCCCC2)c(=O)[nH]1. The summed E-state index contributed by atoms with van der Waals surface area (Å²) in [6.07, 6.45) is 5.10. The van der Waals surface area contributed by atoms with Crippen molar-refractivity contribution in [3.05, 3.63) is 33.7 Å². The van der Waals surface area contributed by atoms with Crippen LogP contribution in [-0.2, 0) is 0 Å². The molecule has 1 aromatic rings. The number of hydrogen-bond donors (Lipinski definition) is 2. The monoisotopic (exact) mass is 277 g/mol. The lowest BCUT2D eigenvalue weighted by atomic mass is 10.2. The third kappa shape index (κ3) is 4.20. The molecule has 2 heterocycles. The number of carbonyl (C=O) groups is 1. The van der Waals surface area contributed by atoms with Crippen LogP contribution in [0.15, 0.2) is 16.9 Å². The average Bonchev–Trinajstić information content (AvgIpc) is 2.67. The number of aromatic nitrogens is 1. The van der Waals surface area contributed by atoms with Gasteiger partial charge in [-0.1, -0.05) is 12.8 Å². The summed E-state index contributed by atoms with van der Waals surface area (Å²) in [5.74, 6) is -0.291. The van der Waals surface area contributed by atoms with E-state index in [-0.39, 0.29) is 17.0 Å². The topological polar surface area (TPSA) is 65.2 Å². The van der Waals surface area contributed by atoms with Crippen molar-refractivity contribution in [2.24, 2.45) is 0 Å². The number of amides is 1. The molecule has 0 aliphatic carbocycles. The number of carbonyl (C=O) groups excluding carboxylic acids is 1. The van der Waals surface area contributed by atoms with Gasteiger partial charge in [-0.3, -0.25) is 9.59 Å². The largest absolute Gasteiger partial charge is 0.351 e. The molecule has 1 aromatic heterocycles. The molecule has 0 aromatic carbocycles. The van der Waals surface area contributed by atoms with Crippen LogP contribution in [0.5, 0.6) is 0 Å². The van der Waals surface area contributed by atoms with E-state index in [1.54, 1.807) is 19.1 Å². The first-order valence-electron chi connectivity index (χ1n) is 7.37. The normalized spacial score (nSPS) is 16.6. The predicted octanol–water partition coefficient (Wildman–Crippen LogP) is 1.29. The minimum Gasteiger partial charge on any atom is -0.351 e. The van der Waals surface area contributed by atoms with E-state index in [1.807, 2.05) is 0 Å². The summed E-state index contributed by atoms with van der Waals surface area (Å²) in [6.45, 7) is 5.46. The van der Waals surface area contributed by atoms with Crippen molar-refractivity contribution < 1.29 is 4.79 Å². The summed E-state index contributed by atoms with van der Waals surface area (Å²) < 4.78 is 0. The summed E-state index contributed by atoms with van der Waals surface area (Å²) in [5, 5.41) is 2.83. The molecule has 1 amide bonds. The lowest BCUT2D eigenvalue weighted by molar-refractivity contribution is 0.0947. The second-order valence-electron chi connectivity index (χ2n) is 5.40. The Kier molecular flexibility index (Phi) is 5.35. The van der Waals surface area contributed by atoms with Crippen LogP contribution < -0.4 is 10.9 Å². The molecule has 1 aliphatic heterocycles. The van der Waals surface area contributed by atoms with E-state index in [0.29, 0.717) is 6.54 Å². The number of pyridine rings is 1. The first kappa shape index (κ1) is 14.8. The molecule has 0 radical (unpaired) electrons. The molecule has 5 heteroatoms. The number of H-pyrrole nitrogens is 1. The van der Waals surface area contributed by atoms with Crippen LogP contribution in [0.2, 0.25) is 0 Å². The second-order valence-corrected chi connectivity index (χ2v) is 5.40. The molecule has 0 atom stereocenters. The molecule has 2 rings (SSSR count). The highest BCUT2D eigenvalue weighted by Gasteiger charge is 2.12. The number of nitrogens with zero attached hydrogens (tertiary/aromatic N) is 1. The molecular formula is C15H23N3O2. The van der Waals surface area contributed by atoms with Gasteiger partial charge in [0.2, 0.25) is 0 Å². The van der Waals surface area contributed by atoms with Crippen LogP contribution in [-0.4, -0.2) is 42.0 Å². The maximum Gasteiger partial charge on any atom is 0.260 e. The van der Waals surface area contributed by atoms with Crippen molar-refractivity contribution in [2.45, 2.75) is 32.6 Å². The molecule has 1 aliphatic rings. The maximum atomic E-state index is 11.9. The van der Waals surface area contributed by atoms with Crippen LogP contribution >= 0.6 is 0 Å². The lowest BCUT2D eigenvalue weighted by Gasteiger charge is -2.19. The Labute approximate surface area is 119 Å². The highest BCUT2D eigenvalue weighted by atomic mass is 16.2. The zero-order valence-corrected chi connectivity index (χ0v) is 12.1. The maximum absolute atomic E-state index is 11.9. The van der Waals surface area contributed by atoms with Gasteiger partial charge < -0.3 is 15.2 Å². The fourth-order valence-electron chi connectivity index (χ4n) is 2.53. The van der Waals surface area contributed by atoms with Crippen LogP contribution in [0, 0.1) is 6.92 Å². The zero-order chi connectivity index (χ0) is 14.4. The van der Waals surface area contributed by atoms with E-state index in [9.17, 15) is 9.59 Å². The Balaban J connectivity index is 1.81. The fourth-order valence-corrected chi connectivity index (χ4v) is 2.53. The third-order valence-corrected chi connectivity index (χ3v) is 3.71. The molecule has 0 spiro atoms. The first-order chi connectivity index (χ1) is 9.66. The number of nitrogens with one attached hydrogen (secondary N) is 2. The van der Waals surface area contributed by atoms with Gasteiger partial charge in [0, 0.05) is 18.8 Å². The Bertz CT molecular complexity index is 502. The summed E-state index contributed by atoms with van der Waals surface area (Å²) in [7, 11) is 0. The van der Waals surface area contributed by atoms with E-state index < -0.39 is 0 Å². The van der Waals surface area contributed by atoms with E-state index >= 15 is 0 Å². The first-order valence-corrected chi connectivity index (χ1v) is 7.37. The van der Waals surface area contributed by atoms with Gasteiger partial charge in [-0.25, -0.2) is 0 Å². The number of aromatic amines is 1. The van der Waals surface area contributed by atoms with E-state index in [4.69, 9.17) is 0 Å². The van der Waals surface area contributed by atoms with Crippen molar-refractivity contribution in [1.29, 1.82) is 0 Å². The van der Waals surface area contributed by atoms with Gasteiger partial charge in [0.05, 0.1) is 0 Å². The number of hydrogen-bond acceptors (Lipinski definition) is 3. The Morgan fingerprint density at radius 3 is 2.60 bits per heavy atom. The van der Waals surface area contributed by atoms with E-state index in [0.717, 1.165) is 25.3 Å². The van der Waals surface area contributed by atoms with Crippen molar-refractivity contribution in [1.82, 2.24) is 15.2 Å². The Morgan fingerprint density at radius 2 is 1.95 bits per heavy atom. The molecular weight excluding hydrogens is 254 g/mol. The van der Waals surface area contributed by atoms with Crippen LogP contribution in [0.25, 0.3) is 0 Å². The van der Waals surface area contributed by atoms with Gasteiger partial charge in [-0.05, 0) is 45.0 Å². The van der Waals surface area contributed by atoms with Crippen LogP contribution in [0.3, 0.4) is 0 Å². The fraction of sp³-hybridized carbons (Fsp3) is 0.600.